The molecule has 0 aliphatic carbocycles. The maximum absolute atomic E-state index is 13.4. The highest BCUT2D eigenvalue weighted by Gasteiger charge is 2.34. The van der Waals surface area contributed by atoms with Gasteiger partial charge in [0.2, 0.25) is 0 Å². The van der Waals surface area contributed by atoms with Gasteiger partial charge in [-0.05, 0) is 37.5 Å². The first-order valence-electron chi connectivity index (χ1n) is 5.60. The molecule has 0 atom stereocenters. The summed E-state index contributed by atoms with van der Waals surface area (Å²) in [6.45, 7) is 1.57. The van der Waals surface area contributed by atoms with Gasteiger partial charge in [-0.3, -0.25) is 0 Å². The molecule has 1 aromatic rings. The lowest BCUT2D eigenvalue weighted by Gasteiger charge is -2.29. The lowest BCUT2D eigenvalue weighted by Crippen LogP contribution is -2.29. The van der Waals surface area contributed by atoms with Crippen LogP contribution in [0.4, 0.5) is 23.2 Å². The van der Waals surface area contributed by atoms with Crippen LogP contribution < -0.4 is 4.90 Å². The van der Waals surface area contributed by atoms with Gasteiger partial charge in [0.1, 0.15) is 5.82 Å². The minimum Gasteiger partial charge on any atom is -0.371 e. The summed E-state index contributed by atoms with van der Waals surface area (Å²) in [5, 5.41) is 0. The topological polar surface area (TPSA) is 3.24 Å². The third-order valence-corrected chi connectivity index (χ3v) is 2.98. The van der Waals surface area contributed by atoms with Gasteiger partial charge < -0.3 is 4.90 Å². The molecule has 1 fully saturated rings. The summed E-state index contributed by atoms with van der Waals surface area (Å²) in [4.78, 5) is 1.92. The molecule has 1 aromatic carbocycles. The number of rotatable bonds is 1. The van der Waals surface area contributed by atoms with E-state index in [2.05, 4.69) is 0 Å². The number of hydrogen-bond donors (Lipinski definition) is 0. The van der Waals surface area contributed by atoms with Crippen molar-refractivity contribution in [2.45, 2.75) is 25.4 Å². The van der Waals surface area contributed by atoms with Crippen LogP contribution in [0.3, 0.4) is 0 Å². The molecule has 1 aliphatic rings. The summed E-state index contributed by atoms with van der Waals surface area (Å²) in [5.74, 6) is -1.19. The average Bonchev–Trinajstić information content (AvgIpc) is 2.28. The van der Waals surface area contributed by atoms with E-state index in [1.54, 1.807) is 0 Å². The van der Waals surface area contributed by atoms with Crippen molar-refractivity contribution in [1.82, 2.24) is 0 Å². The zero-order valence-electron chi connectivity index (χ0n) is 9.23. The standard InChI is InChI=1S/C12H13F4N/c13-11-8-9(17-6-2-1-3-7-17)4-5-10(11)12(14,15)16/h4-5,8H,1-3,6-7H2. The van der Waals surface area contributed by atoms with Gasteiger partial charge in [-0.15, -0.1) is 0 Å². The average molecular weight is 247 g/mol. The zero-order valence-corrected chi connectivity index (χ0v) is 9.23. The van der Waals surface area contributed by atoms with Crippen LogP contribution in [-0.4, -0.2) is 13.1 Å². The smallest absolute Gasteiger partial charge is 0.371 e. The number of hydrogen-bond acceptors (Lipinski definition) is 1. The summed E-state index contributed by atoms with van der Waals surface area (Å²) in [7, 11) is 0. The van der Waals surface area contributed by atoms with E-state index in [4.69, 9.17) is 0 Å². The summed E-state index contributed by atoms with van der Waals surface area (Å²) >= 11 is 0. The van der Waals surface area contributed by atoms with Crippen molar-refractivity contribution in [3.8, 4) is 0 Å². The Bertz CT molecular complexity index is 394. The van der Waals surface area contributed by atoms with Crippen LogP contribution in [0.5, 0.6) is 0 Å². The third-order valence-electron chi connectivity index (χ3n) is 2.98. The van der Waals surface area contributed by atoms with E-state index in [1.165, 1.54) is 6.07 Å². The van der Waals surface area contributed by atoms with E-state index in [0.717, 1.165) is 44.5 Å². The van der Waals surface area contributed by atoms with Gasteiger partial charge in [0.25, 0.3) is 0 Å². The van der Waals surface area contributed by atoms with Gasteiger partial charge >= 0.3 is 6.18 Å². The predicted molar refractivity (Wildman–Crippen MR) is 57.5 cm³/mol. The monoisotopic (exact) mass is 247 g/mol. The molecule has 0 unspecified atom stereocenters. The minimum absolute atomic E-state index is 0.537. The Kier molecular flexibility index (Phi) is 3.26. The minimum atomic E-state index is -4.62. The zero-order chi connectivity index (χ0) is 12.5. The highest BCUT2D eigenvalue weighted by atomic mass is 19.4. The van der Waals surface area contributed by atoms with Gasteiger partial charge in [-0.2, -0.15) is 13.2 Å². The second kappa shape index (κ2) is 4.55. The fourth-order valence-corrected chi connectivity index (χ4v) is 2.08. The number of anilines is 1. The van der Waals surface area contributed by atoms with Gasteiger partial charge in [-0.1, -0.05) is 0 Å². The Morgan fingerprint density at radius 3 is 2.18 bits per heavy atom. The Balaban J connectivity index is 2.24. The molecular formula is C12H13F4N. The Hall–Kier alpha value is -1.26. The Morgan fingerprint density at radius 1 is 1.00 bits per heavy atom. The molecule has 5 heteroatoms. The Labute approximate surface area is 97.0 Å². The molecule has 0 amide bonds. The lowest BCUT2D eigenvalue weighted by atomic mass is 10.1. The molecule has 94 valence electrons. The predicted octanol–water partition coefficient (Wildman–Crippen LogP) is 3.83. The van der Waals surface area contributed by atoms with Crippen molar-refractivity contribution < 1.29 is 17.6 Å². The molecule has 0 N–H and O–H groups in total. The summed E-state index contributed by atoms with van der Waals surface area (Å²) < 4.78 is 50.5. The molecule has 0 bridgehead atoms. The molecular weight excluding hydrogens is 234 g/mol. The SMILES string of the molecule is Fc1cc(N2CCCCC2)ccc1C(F)(F)F. The number of alkyl halides is 3. The van der Waals surface area contributed by atoms with Gasteiger partial charge in [0, 0.05) is 18.8 Å². The van der Waals surface area contributed by atoms with Crippen molar-refractivity contribution in [1.29, 1.82) is 0 Å². The number of nitrogens with zero attached hydrogens (tertiary/aromatic N) is 1. The maximum Gasteiger partial charge on any atom is 0.419 e. The quantitative estimate of drug-likeness (QED) is 0.681. The maximum atomic E-state index is 13.4. The van der Waals surface area contributed by atoms with Gasteiger partial charge in [0.15, 0.2) is 0 Å². The van der Waals surface area contributed by atoms with Crippen LogP contribution in [0.2, 0.25) is 0 Å². The van der Waals surface area contributed by atoms with E-state index in [9.17, 15) is 17.6 Å². The third kappa shape index (κ3) is 2.70. The number of piperidine rings is 1. The molecule has 1 heterocycles. The van der Waals surface area contributed by atoms with E-state index < -0.39 is 17.6 Å². The molecule has 0 aromatic heterocycles. The van der Waals surface area contributed by atoms with Gasteiger partial charge in [0.05, 0.1) is 5.56 Å². The van der Waals surface area contributed by atoms with Gasteiger partial charge in [-0.25, -0.2) is 4.39 Å². The molecule has 17 heavy (non-hydrogen) atoms. The van der Waals surface area contributed by atoms with E-state index in [1.807, 2.05) is 4.90 Å². The highest BCUT2D eigenvalue weighted by Crippen LogP contribution is 2.33. The van der Waals surface area contributed by atoms with Crippen LogP contribution >= 0.6 is 0 Å². The van der Waals surface area contributed by atoms with Crippen molar-refractivity contribution in [3.05, 3.63) is 29.6 Å². The molecule has 0 saturated carbocycles. The second-order valence-electron chi connectivity index (χ2n) is 4.21. The number of halogens is 4. The summed E-state index contributed by atoms with van der Waals surface area (Å²) in [6, 6.07) is 3.14. The molecule has 1 saturated heterocycles. The van der Waals surface area contributed by atoms with Crippen molar-refractivity contribution in [3.63, 3.8) is 0 Å². The lowest BCUT2D eigenvalue weighted by molar-refractivity contribution is -0.139. The first-order valence-corrected chi connectivity index (χ1v) is 5.60. The van der Waals surface area contributed by atoms with Crippen LogP contribution in [0, 0.1) is 5.82 Å². The van der Waals surface area contributed by atoms with E-state index in [0.29, 0.717) is 5.69 Å². The number of benzene rings is 1. The summed E-state index contributed by atoms with van der Waals surface area (Å²) in [6.07, 6.45) is -1.49. The van der Waals surface area contributed by atoms with Crippen LogP contribution in [0.1, 0.15) is 24.8 Å². The van der Waals surface area contributed by atoms with Crippen LogP contribution in [0.25, 0.3) is 0 Å². The fraction of sp³-hybridized carbons (Fsp3) is 0.500. The normalized spacial score (nSPS) is 17.3. The molecule has 2 rings (SSSR count). The first-order chi connectivity index (χ1) is 7.98. The van der Waals surface area contributed by atoms with E-state index in [-0.39, 0.29) is 0 Å². The van der Waals surface area contributed by atoms with Crippen LogP contribution in [0.15, 0.2) is 18.2 Å². The first kappa shape index (κ1) is 12.2. The largest absolute Gasteiger partial charge is 0.419 e. The van der Waals surface area contributed by atoms with Crippen molar-refractivity contribution in [2.24, 2.45) is 0 Å². The summed E-state index contributed by atoms with van der Waals surface area (Å²) in [5.41, 5.74) is -0.659. The van der Waals surface area contributed by atoms with Crippen molar-refractivity contribution in [2.75, 3.05) is 18.0 Å². The molecule has 0 radical (unpaired) electrons. The molecule has 1 aliphatic heterocycles. The van der Waals surface area contributed by atoms with Crippen molar-refractivity contribution >= 4 is 5.69 Å². The molecule has 0 spiro atoms. The second-order valence-corrected chi connectivity index (χ2v) is 4.21. The van der Waals surface area contributed by atoms with Crippen LogP contribution in [-0.2, 0) is 6.18 Å². The van der Waals surface area contributed by atoms with E-state index >= 15 is 0 Å². The molecule has 1 nitrogen and oxygen atoms in total. The highest BCUT2D eigenvalue weighted by molar-refractivity contribution is 5.49. The fourth-order valence-electron chi connectivity index (χ4n) is 2.08. The Morgan fingerprint density at radius 2 is 1.65 bits per heavy atom.